The molecule has 0 radical (unpaired) electrons. The van der Waals surface area contributed by atoms with Gasteiger partial charge in [0.05, 0.1) is 11.2 Å². The van der Waals surface area contributed by atoms with E-state index in [9.17, 15) is 19.5 Å². The van der Waals surface area contributed by atoms with Gasteiger partial charge < -0.3 is 24.8 Å². The number of benzene rings is 2. The van der Waals surface area contributed by atoms with Gasteiger partial charge in [0.25, 0.3) is 5.91 Å². The lowest BCUT2D eigenvalue weighted by Crippen LogP contribution is -2.48. The van der Waals surface area contributed by atoms with E-state index in [4.69, 9.17) is 0 Å². The van der Waals surface area contributed by atoms with Crippen LogP contribution in [0.25, 0.3) is 10.9 Å². The van der Waals surface area contributed by atoms with Gasteiger partial charge in [-0.1, -0.05) is 0 Å². The van der Waals surface area contributed by atoms with Crippen LogP contribution in [0.15, 0.2) is 47.4 Å². The van der Waals surface area contributed by atoms with E-state index in [1.54, 1.807) is 15.5 Å². The van der Waals surface area contributed by atoms with Gasteiger partial charge in [0.15, 0.2) is 0 Å². The minimum absolute atomic E-state index is 0.00781. The van der Waals surface area contributed by atoms with Crippen LogP contribution in [0.5, 0.6) is 5.75 Å². The van der Waals surface area contributed by atoms with Crippen molar-refractivity contribution >= 4 is 34.1 Å². The van der Waals surface area contributed by atoms with E-state index in [-0.39, 0.29) is 22.6 Å². The first kappa shape index (κ1) is 22.3. The van der Waals surface area contributed by atoms with Gasteiger partial charge in [-0.05, 0) is 43.3 Å². The van der Waals surface area contributed by atoms with Gasteiger partial charge in [-0.25, -0.2) is 4.39 Å². The van der Waals surface area contributed by atoms with Crippen molar-refractivity contribution < 1.29 is 19.1 Å². The maximum absolute atomic E-state index is 15.1. The molecule has 172 valence electrons. The molecule has 1 aliphatic rings. The van der Waals surface area contributed by atoms with Crippen molar-refractivity contribution in [3.05, 3.63) is 64.2 Å². The molecule has 8 nitrogen and oxygen atoms in total. The Labute approximate surface area is 189 Å². The molecule has 3 aromatic rings. The van der Waals surface area contributed by atoms with E-state index in [0.29, 0.717) is 49.6 Å². The van der Waals surface area contributed by atoms with Crippen LogP contribution in [0.4, 0.5) is 15.8 Å². The summed E-state index contributed by atoms with van der Waals surface area (Å²) in [6.07, 6.45) is 1.48. The number of piperazine rings is 1. The molecule has 1 aliphatic heterocycles. The van der Waals surface area contributed by atoms with Gasteiger partial charge in [0.1, 0.15) is 17.1 Å². The summed E-state index contributed by atoms with van der Waals surface area (Å²) in [5, 5.41) is 12.2. The number of anilines is 2. The summed E-state index contributed by atoms with van der Waals surface area (Å²) < 4.78 is 16.8. The fraction of sp³-hybridized carbons (Fsp3) is 0.292. The van der Waals surface area contributed by atoms with Crippen molar-refractivity contribution in [3.63, 3.8) is 0 Å². The molecule has 2 aromatic carbocycles. The monoisotopic (exact) mass is 452 g/mol. The van der Waals surface area contributed by atoms with Gasteiger partial charge >= 0.3 is 0 Å². The molecule has 0 saturated carbocycles. The Balaban J connectivity index is 1.70. The van der Waals surface area contributed by atoms with Crippen LogP contribution in [0.3, 0.4) is 0 Å². The fourth-order valence-corrected chi connectivity index (χ4v) is 4.07. The van der Waals surface area contributed by atoms with E-state index in [2.05, 4.69) is 5.32 Å². The third-order valence-corrected chi connectivity index (χ3v) is 5.92. The average molecular weight is 452 g/mol. The number of nitrogens with one attached hydrogen (secondary N) is 1. The summed E-state index contributed by atoms with van der Waals surface area (Å²) in [5.74, 6) is -1.11. The highest BCUT2D eigenvalue weighted by molar-refractivity contribution is 6.06. The number of halogens is 1. The van der Waals surface area contributed by atoms with Crippen LogP contribution < -0.4 is 15.6 Å². The number of carbonyl (C=O) groups excluding carboxylic acids is 2. The standard InChI is InChI=1S/C24H25FN4O4/c1-3-27-14-19(24(33)26-16-4-6-17(31)7-5-16)23(32)18-12-20(25)22(13-21(18)27)29-10-8-28(9-11-29)15(2)30/h4-7,12-14,31H,3,8-11H2,1-2H3,(H,26,33). The summed E-state index contributed by atoms with van der Waals surface area (Å²) in [7, 11) is 0. The Hall–Kier alpha value is -3.88. The maximum atomic E-state index is 15.1. The molecule has 0 bridgehead atoms. The van der Waals surface area contributed by atoms with Gasteiger partial charge in [-0.3, -0.25) is 14.4 Å². The van der Waals surface area contributed by atoms with E-state index in [1.807, 2.05) is 11.8 Å². The molecule has 0 aliphatic carbocycles. The Morgan fingerprint density at radius 2 is 1.76 bits per heavy atom. The molecule has 2 heterocycles. The van der Waals surface area contributed by atoms with Gasteiger partial charge in [-0.15, -0.1) is 0 Å². The molecule has 1 fully saturated rings. The molecule has 2 amide bonds. The predicted octanol–water partition coefficient (Wildman–Crippen LogP) is 2.79. The second-order valence-corrected chi connectivity index (χ2v) is 7.97. The third-order valence-electron chi connectivity index (χ3n) is 5.92. The Morgan fingerprint density at radius 1 is 1.09 bits per heavy atom. The number of aromatic hydroxyl groups is 1. The van der Waals surface area contributed by atoms with Crippen molar-refractivity contribution in [3.8, 4) is 5.75 Å². The summed E-state index contributed by atoms with van der Waals surface area (Å²) >= 11 is 0. The number of amides is 2. The second-order valence-electron chi connectivity index (χ2n) is 7.97. The normalized spacial score (nSPS) is 13.9. The molecular formula is C24H25FN4O4. The third kappa shape index (κ3) is 4.39. The number of hydrogen-bond acceptors (Lipinski definition) is 5. The number of nitrogens with zero attached hydrogens (tertiary/aromatic N) is 3. The predicted molar refractivity (Wildman–Crippen MR) is 124 cm³/mol. The molecule has 33 heavy (non-hydrogen) atoms. The Kier molecular flexibility index (Phi) is 6.04. The number of pyridine rings is 1. The quantitative estimate of drug-likeness (QED) is 0.594. The van der Waals surface area contributed by atoms with Crippen LogP contribution >= 0.6 is 0 Å². The number of rotatable bonds is 4. The zero-order valence-electron chi connectivity index (χ0n) is 18.5. The fourth-order valence-electron chi connectivity index (χ4n) is 4.07. The van der Waals surface area contributed by atoms with Crippen LogP contribution in [0.2, 0.25) is 0 Å². The molecule has 4 rings (SSSR count). The highest BCUT2D eigenvalue weighted by Crippen LogP contribution is 2.26. The van der Waals surface area contributed by atoms with E-state index in [1.165, 1.54) is 43.5 Å². The van der Waals surface area contributed by atoms with E-state index in [0.717, 1.165) is 0 Å². The average Bonchev–Trinajstić information content (AvgIpc) is 2.81. The SMILES string of the molecule is CCn1cc(C(=O)Nc2ccc(O)cc2)c(=O)c2cc(F)c(N3CCN(C(C)=O)CC3)cc21. The lowest BCUT2D eigenvalue weighted by Gasteiger charge is -2.36. The first-order valence-corrected chi connectivity index (χ1v) is 10.8. The van der Waals surface area contributed by atoms with Crippen LogP contribution in [0, 0.1) is 5.82 Å². The number of aryl methyl sites for hydroxylation is 1. The van der Waals surface area contributed by atoms with Crippen molar-refractivity contribution in [1.82, 2.24) is 9.47 Å². The summed E-state index contributed by atoms with van der Waals surface area (Å²) in [6.45, 7) is 5.85. The van der Waals surface area contributed by atoms with Crippen LogP contribution in [0.1, 0.15) is 24.2 Å². The summed E-state index contributed by atoms with van der Waals surface area (Å²) in [4.78, 5) is 41.1. The van der Waals surface area contributed by atoms with Crippen molar-refractivity contribution in [2.24, 2.45) is 0 Å². The van der Waals surface area contributed by atoms with Gasteiger partial charge in [0, 0.05) is 56.9 Å². The molecule has 2 N–H and O–H groups in total. The van der Waals surface area contributed by atoms with Crippen molar-refractivity contribution in [1.29, 1.82) is 0 Å². The number of carbonyl (C=O) groups is 2. The zero-order valence-corrected chi connectivity index (χ0v) is 18.5. The van der Waals surface area contributed by atoms with E-state index >= 15 is 4.39 Å². The van der Waals surface area contributed by atoms with Gasteiger partial charge in [0.2, 0.25) is 11.3 Å². The molecular weight excluding hydrogens is 427 g/mol. The topological polar surface area (TPSA) is 94.9 Å². The van der Waals surface area contributed by atoms with Crippen LogP contribution in [-0.4, -0.2) is 52.6 Å². The number of aromatic nitrogens is 1. The first-order chi connectivity index (χ1) is 15.8. The second kappa shape index (κ2) is 8.93. The molecule has 0 spiro atoms. The maximum Gasteiger partial charge on any atom is 0.261 e. The first-order valence-electron chi connectivity index (χ1n) is 10.8. The number of fused-ring (bicyclic) bond motifs is 1. The highest BCUT2D eigenvalue weighted by Gasteiger charge is 2.23. The lowest BCUT2D eigenvalue weighted by atomic mass is 10.1. The number of phenolic OH excluding ortho intramolecular Hbond substituents is 1. The minimum Gasteiger partial charge on any atom is -0.508 e. The molecule has 1 aromatic heterocycles. The molecule has 1 saturated heterocycles. The van der Waals surface area contributed by atoms with Crippen molar-refractivity contribution in [2.75, 3.05) is 36.4 Å². The lowest BCUT2D eigenvalue weighted by molar-refractivity contribution is -0.129. The number of hydrogen-bond donors (Lipinski definition) is 2. The molecule has 0 atom stereocenters. The Morgan fingerprint density at radius 3 is 2.36 bits per heavy atom. The Bertz CT molecular complexity index is 1280. The number of phenols is 1. The smallest absolute Gasteiger partial charge is 0.261 e. The summed E-state index contributed by atoms with van der Waals surface area (Å²) in [6, 6.07) is 8.71. The van der Waals surface area contributed by atoms with Crippen molar-refractivity contribution in [2.45, 2.75) is 20.4 Å². The van der Waals surface area contributed by atoms with Crippen LogP contribution in [-0.2, 0) is 11.3 Å². The molecule has 0 unspecified atom stereocenters. The van der Waals surface area contributed by atoms with E-state index < -0.39 is 17.2 Å². The highest BCUT2D eigenvalue weighted by atomic mass is 19.1. The zero-order chi connectivity index (χ0) is 23.7. The molecule has 9 heteroatoms. The minimum atomic E-state index is -0.611. The summed E-state index contributed by atoms with van der Waals surface area (Å²) in [5.41, 5.74) is 0.673. The largest absolute Gasteiger partial charge is 0.508 e. The van der Waals surface area contributed by atoms with Gasteiger partial charge in [-0.2, -0.15) is 0 Å².